The monoisotopic (exact) mass is 476 g/mol. The van der Waals surface area contributed by atoms with Crippen molar-refractivity contribution in [2.75, 3.05) is 26.0 Å². The summed E-state index contributed by atoms with van der Waals surface area (Å²) >= 11 is 0. The topological polar surface area (TPSA) is 122 Å². The Kier molecular flexibility index (Phi) is 7.11. The summed E-state index contributed by atoms with van der Waals surface area (Å²) in [5.41, 5.74) is 3.39. The molecule has 1 atom stereocenters. The molecule has 0 saturated carbocycles. The average molecular weight is 477 g/mol. The second-order valence-electron chi connectivity index (χ2n) is 7.92. The molecule has 0 aliphatic rings. The van der Waals surface area contributed by atoms with Crippen LogP contribution >= 0.6 is 0 Å². The maximum absolute atomic E-state index is 14.7. The van der Waals surface area contributed by atoms with Gasteiger partial charge in [-0.3, -0.25) is 9.78 Å². The molecule has 1 amide bonds. The third kappa shape index (κ3) is 4.87. The van der Waals surface area contributed by atoms with Crippen molar-refractivity contribution < 1.29 is 19.0 Å². The number of aliphatic hydroxyl groups excluding tert-OH is 1. The van der Waals surface area contributed by atoms with Crippen molar-refractivity contribution in [1.82, 2.24) is 25.3 Å². The zero-order valence-corrected chi connectivity index (χ0v) is 19.5. The molecule has 0 aliphatic heterocycles. The van der Waals surface area contributed by atoms with Crippen LogP contribution in [0.25, 0.3) is 22.2 Å². The van der Waals surface area contributed by atoms with Gasteiger partial charge < -0.3 is 20.5 Å². The van der Waals surface area contributed by atoms with Gasteiger partial charge in [-0.2, -0.15) is 0 Å². The number of nitrogens with zero attached hydrogens (tertiary/aromatic N) is 4. The second-order valence-corrected chi connectivity index (χ2v) is 7.92. The van der Waals surface area contributed by atoms with Crippen LogP contribution in [0.2, 0.25) is 0 Å². The Hall–Kier alpha value is -4.18. The molecule has 4 aromatic rings. The maximum Gasteiger partial charge on any atom is 0.251 e. The van der Waals surface area contributed by atoms with E-state index in [0.717, 1.165) is 5.56 Å². The first-order valence-corrected chi connectivity index (χ1v) is 11.0. The van der Waals surface area contributed by atoms with Gasteiger partial charge in [-0.05, 0) is 23.8 Å². The van der Waals surface area contributed by atoms with E-state index in [0.29, 0.717) is 40.6 Å². The van der Waals surface area contributed by atoms with E-state index in [2.05, 4.69) is 30.6 Å². The Morgan fingerprint density at radius 1 is 1.17 bits per heavy atom. The first-order valence-electron chi connectivity index (χ1n) is 11.0. The normalized spacial score (nSPS) is 11.8. The molecule has 9 nitrogen and oxygen atoms in total. The summed E-state index contributed by atoms with van der Waals surface area (Å²) in [6.07, 6.45) is 4.57. The number of hydrogen-bond acceptors (Lipinski definition) is 8. The molecule has 10 heteroatoms. The first-order chi connectivity index (χ1) is 17.0. The summed E-state index contributed by atoms with van der Waals surface area (Å²) in [7, 11) is 3.00. The van der Waals surface area contributed by atoms with Gasteiger partial charge in [0.15, 0.2) is 0 Å². The molecular formula is C25H25FN6O3. The summed E-state index contributed by atoms with van der Waals surface area (Å²) in [5.74, 6) is 0.00921. The summed E-state index contributed by atoms with van der Waals surface area (Å²) in [4.78, 5) is 29.4. The molecule has 0 spiro atoms. The number of fused-ring (bicyclic) bond motifs is 1. The minimum absolute atomic E-state index is 0.0763. The van der Waals surface area contributed by atoms with E-state index >= 15 is 0 Å². The van der Waals surface area contributed by atoms with E-state index in [1.165, 1.54) is 38.8 Å². The number of carbonyl (C=O) groups excluding carboxylic acids is 1. The van der Waals surface area contributed by atoms with Crippen LogP contribution in [0.5, 0.6) is 5.88 Å². The van der Waals surface area contributed by atoms with E-state index in [-0.39, 0.29) is 29.4 Å². The summed E-state index contributed by atoms with van der Waals surface area (Å²) in [6.45, 7) is 2.25. The van der Waals surface area contributed by atoms with Gasteiger partial charge in [0, 0.05) is 54.5 Å². The number of carbonyl (C=O) groups is 1. The minimum Gasteiger partial charge on any atom is -0.481 e. The van der Waals surface area contributed by atoms with Crippen LogP contribution < -0.4 is 15.4 Å². The number of rotatable bonds is 8. The fourth-order valence-corrected chi connectivity index (χ4v) is 3.88. The fourth-order valence-electron chi connectivity index (χ4n) is 3.88. The molecule has 0 fully saturated rings. The fraction of sp³-hybridized carbons (Fsp3) is 0.240. The van der Waals surface area contributed by atoms with Gasteiger partial charge in [-0.25, -0.2) is 19.3 Å². The van der Waals surface area contributed by atoms with Crippen molar-refractivity contribution in [1.29, 1.82) is 0 Å². The number of nitrogens with one attached hydrogen (secondary N) is 2. The number of pyridine rings is 2. The maximum atomic E-state index is 14.7. The lowest BCUT2D eigenvalue weighted by Crippen LogP contribution is -2.19. The van der Waals surface area contributed by atoms with E-state index < -0.39 is 5.82 Å². The van der Waals surface area contributed by atoms with E-state index in [1.54, 1.807) is 24.4 Å². The molecule has 180 valence electrons. The van der Waals surface area contributed by atoms with Crippen LogP contribution in [-0.4, -0.2) is 51.7 Å². The summed E-state index contributed by atoms with van der Waals surface area (Å²) < 4.78 is 19.8. The van der Waals surface area contributed by atoms with Gasteiger partial charge in [-0.15, -0.1) is 0 Å². The van der Waals surface area contributed by atoms with Crippen LogP contribution in [-0.2, 0) is 6.61 Å². The predicted molar refractivity (Wildman–Crippen MR) is 130 cm³/mol. The molecule has 0 aliphatic carbocycles. The molecule has 35 heavy (non-hydrogen) atoms. The summed E-state index contributed by atoms with van der Waals surface area (Å²) in [6, 6.07) is 8.11. The number of ether oxygens (including phenoxy) is 1. The number of halogens is 1. The lowest BCUT2D eigenvalue weighted by molar-refractivity contribution is 0.0964. The average Bonchev–Trinajstić information content (AvgIpc) is 2.90. The number of hydrogen-bond donors (Lipinski definition) is 3. The second kappa shape index (κ2) is 10.4. The Morgan fingerprint density at radius 3 is 2.74 bits per heavy atom. The van der Waals surface area contributed by atoms with Crippen molar-refractivity contribution >= 4 is 22.6 Å². The standard InChI is InChI=1S/C25H25FN6O3/c1-14(17-4-5-19(26)22-18(24(34)27-2)6-7-28-23(17)22)10-29-21-9-20(31-13-32-21)15-8-16(12-33)25(35-3)30-11-15/h4-9,11,13-14,33H,10,12H2,1-3H3,(H,27,34)(H,29,31,32)/t14-/m1/s1. The molecule has 4 rings (SSSR count). The van der Waals surface area contributed by atoms with Crippen LogP contribution in [0.3, 0.4) is 0 Å². The number of aliphatic hydroxyl groups is 1. The highest BCUT2D eigenvalue weighted by Crippen LogP contribution is 2.29. The number of amides is 1. The highest BCUT2D eigenvalue weighted by Gasteiger charge is 2.19. The molecule has 0 radical (unpaired) electrons. The number of aromatic nitrogens is 4. The van der Waals surface area contributed by atoms with Crippen LogP contribution in [0.15, 0.2) is 49.1 Å². The van der Waals surface area contributed by atoms with Gasteiger partial charge in [0.05, 0.1) is 30.5 Å². The zero-order chi connectivity index (χ0) is 24.9. The Morgan fingerprint density at radius 2 is 2.00 bits per heavy atom. The van der Waals surface area contributed by atoms with Crippen LogP contribution in [0.4, 0.5) is 10.2 Å². The van der Waals surface area contributed by atoms with Crippen molar-refractivity contribution in [3.63, 3.8) is 0 Å². The van der Waals surface area contributed by atoms with Gasteiger partial charge in [0.25, 0.3) is 5.91 Å². The van der Waals surface area contributed by atoms with Gasteiger partial charge >= 0.3 is 0 Å². The minimum atomic E-state index is -0.494. The SMILES string of the molecule is CNC(=O)c1ccnc2c([C@H](C)CNc3cc(-c4cnc(OC)c(CO)c4)ncn3)ccc(F)c12. The third-order valence-electron chi connectivity index (χ3n) is 5.72. The molecule has 3 aromatic heterocycles. The summed E-state index contributed by atoms with van der Waals surface area (Å²) in [5, 5.41) is 15.6. The van der Waals surface area contributed by atoms with Crippen molar-refractivity contribution in [2.45, 2.75) is 19.4 Å². The molecule has 0 unspecified atom stereocenters. The highest BCUT2D eigenvalue weighted by molar-refractivity contribution is 6.06. The van der Waals surface area contributed by atoms with Gasteiger partial charge in [-0.1, -0.05) is 13.0 Å². The van der Waals surface area contributed by atoms with Gasteiger partial charge in [0.1, 0.15) is 18.0 Å². The molecule has 1 aromatic carbocycles. The van der Waals surface area contributed by atoms with Crippen molar-refractivity contribution in [2.24, 2.45) is 0 Å². The van der Waals surface area contributed by atoms with Gasteiger partial charge in [0.2, 0.25) is 5.88 Å². The zero-order valence-electron chi connectivity index (χ0n) is 19.5. The predicted octanol–water partition coefficient (Wildman–Crippen LogP) is 3.30. The number of benzene rings is 1. The Balaban J connectivity index is 1.58. The van der Waals surface area contributed by atoms with Crippen molar-refractivity contribution in [3.8, 4) is 17.1 Å². The Bertz CT molecular complexity index is 1380. The van der Waals surface area contributed by atoms with E-state index in [9.17, 15) is 14.3 Å². The van der Waals surface area contributed by atoms with Crippen molar-refractivity contribution in [3.05, 3.63) is 71.6 Å². The number of anilines is 1. The molecule has 3 N–H and O–H groups in total. The first kappa shape index (κ1) is 24.0. The lowest BCUT2D eigenvalue weighted by atomic mass is 9.95. The smallest absolute Gasteiger partial charge is 0.251 e. The Labute approximate surface area is 201 Å². The van der Waals surface area contributed by atoms with E-state index in [1.807, 2.05) is 6.92 Å². The quantitative estimate of drug-likeness (QED) is 0.354. The molecule has 3 heterocycles. The molecular weight excluding hydrogens is 451 g/mol. The molecule has 0 saturated heterocycles. The largest absolute Gasteiger partial charge is 0.481 e. The highest BCUT2D eigenvalue weighted by atomic mass is 19.1. The van der Waals surface area contributed by atoms with Crippen LogP contribution in [0, 0.1) is 5.82 Å². The van der Waals surface area contributed by atoms with E-state index in [4.69, 9.17) is 4.74 Å². The third-order valence-corrected chi connectivity index (χ3v) is 5.72. The molecule has 0 bridgehead atoms. The lowest BCUT2D eigenvalue weighted by Gasteiger charge is -2.17. The van der Waals surface area contributed by atoms with Crippen LogP contribution in [0.1, 0.15) is 34.3 Å². The number of methoxy groups -OCH3 is 1.